The number of carbonyl (C=O) groups is 1. The average molecular weight is 288 g/mol. The van der Waals surface area contributed by atoms with Crippen LogP contribution in [0.1, 0.15) is 28.4 Å². The van der Waals surface area contributed by atoms with Crippen LogP contribution in [0.5, 0.6) is 0 Å². The van der Waals surface area contributed by atoms with Crippen molar-refractivity contribution < 1.29 is 4.79 Å². The topological polar surface area (TPSA) is 29.1 Å². The van der Waals surface area contributed by atoms with Gasteiger partial charge in [-0.1, -0.05) is 59.6 Å². The smallest absolute Gasteiger partial charge is 0.179 e. The molecule has 2 aromatic rings. The third-order valence-corrected chi connectivity index (χ3v) is 3.65. The molecule has 20 heavy (non-hydrogen) atoms. The van der Waals surface area contributed by atoms with Crippen molar-refractivity contribution in [2.45, 2.75) is 26.4 Å². The highest BCUT2D eigenvalue weighted by atomic mass is 35.5. The summed E-state index contributed by atoms with van der Waals surface area (Å²) < 4.78 is 0. The zero-order chi connectivity index (χ0) is 14.5. The number of aryl methyl sites for hydroxylation is 1. The lowest BCUT2D eigenvalue weighted by Gasteiger charge is -2.13. The van der Waals surface area contributed by atoms with Gasteiger partial charge < -0.3 is 5.32 Å². The molecular formula is C17H18ClNO. The van der Waals surface area contributed by atoms with Gasteiger partial charge in [-0.2, -0.15) is 0 Å². The fraction of sp³-hybridized carbons (Fsp3) is 0.235. The number of ketones is 1. The second-order valence-corrected chi connectivity index (χ2v) is 5.33. The van der Waals surface area contributed by atoms with Crippen LogP contribution in [0.3, 0.4) is 0 Å². The lowest BCUT2D eigenvalue weighted by molar-refractivity contribution is 0.0950. The van der Waals surface area contributed by atoms with E-state index < -0.39 is 0 Å². The molecule has 0 heterocycles. The number of carbonyl (C=O) groups excluding carboxylic acids is 1. The molecule has 0 radical (unpaired) electrons. The van der Waals surface area contributed by atoms with Gasteiger partial charge in [0.25, 0.3) is 0 Å². The van der Waals surface area contributed by atoms with E-state index in [0.717, 1.165) is 21.7 Å². The van der Waals surface area contributed by atoms with Crippen molar-refractivity contribution in [3.63, 3.8) is 0 Å². The van der Waals surface area contributed by atoms with Crippen LogP contribution in [0, 0.1) is 6.92 Å². The van der Waals surface area contributed by atoms with Gasteiger partial charge in [-0.25, -0.2) is 0 Å². The molecule has 104 valence electrons. The number of nitrogens with one attached hydrogen (secondary N) is 1. The van der Waals surface area contributed by atoms with Crippen LogP contribution in [0.4, 0.5) is 0 Å². The Labute approximate surface area is 124 Å². The molecule has 0 aliphatic heterocycles. The van der Waals surface area contributed by atoms with E-state index in [2.05, 4.69) is 5.32 Å². The van der Waals surface area contributed by atoms with E-state index in [4.69, 9.17) is 11.6 Å². The molecule has 3 heteroatoms. The van der Waals surface area contributed by atoms with E-state index in [1.54, 1.807) is 0 Å². The number of benzene rings is 2. The first-order chi connectivity index (χ1) is 9.58. The molecule has 2 aromatic carbocycles. The molecule has 1 unspecified atom stereocenters. The highest BCUT2D eigenvalue weighted by molar-refractivity contribution is 6.31. The molecule has 0 amide bonds. The minimum Gasteiger partial charge on any atom is -0.303 e. The van der Waals surface area contributed by atoms with Crippen LogP contribution < -0.4 is 5.32 Å². The minimum atomic E-state index is -0.242. The molecule has 0 aliphatic carbocycles. The number of hydrogen-bond donors (Lipinski definition) is 1. The summed E-state index contributed by atoms with van der Waals surface area (Å²) in [6.07, 6.45) is 0. The summed E-state index contributed by atoms with van der Waals surface area (Å²) >= 11 is 6.10. The van der Waals surface area contributed by atoms with Gasteiger partial charge in [0, 0.05) is 17.1 Å². The van der Waals surface area contributed by atoms with E-state index in [9.17, 15) is 4.79 Å². The van der Waals surface area contributed by atoms with Gasteiger partial charge in [-0.3, -0.25) is 4.79 Å². The summed E-state index contributed by atoms with van der Waals surface area (Å²) in [6, 6.07) is 15.0. The van der Waals surface area contributed by atoms with Gasteiger partial charge in [-0.15, -0.1) is 0 Å². The van der Waals surface area contributed by atoms with Crippen molar-refractivity contribution in [3.8, 4) is 0 Å². The first kappa shape index (κ1) is 14.8. The van der Waals surface area contributed by atoms with Gasteiger partial charge in [-0.05, 0) is 25.5 Å². The van der Waals surface area contributed by atoms with Gasteiger partial charge in [0.1, 0.15) is 0 Å². The van der Waals surface area contributed by atoms with Crippen LogP contribution in [0.2, 0.25) is 5.02 Å². The normalized spacial score (nSPS) is 12.2. The van der Waals surface area contributed by atoms with Crippen LogP contribution in [0.25, 0.3) is 0 Å². The predicted octanol–water partition coefficient (Wildman–Crippen LogP) is 4.01. The lowest BCUT2D eigenvalue weighted by atomic mass is 10.0. The molecule has 0 saturated heterocycles. The zero-order valence-electron chi connectivity index (χ0n) is 11.7. The standard InChI is InChI=1S/C17H18ClNO/c1-12-7-9-14(10-8-12)17(20)13(2)19-11-15-5-3-4-6-16(15)18/h3-10,13,19H,11H2,1-2H3. The predicted molar refractivity (Wildman–Crippen MR) is 83.3 cm³/mol. The van der Waals surface area contributed by atoms with Crippen molar-refractivity contribution in [3.05, 3.63) is 70.2 Å². The number of hydrogen-bond acceptors (Lipinski definition) is 2. The quantitative estimate of drug-likeness (QED) is 0.842. The second-order valence-electron chi connectivity index (χ2n) is 4.92. The Morgan fingerprint density at radius 2 is 1.80 bits per heavy atom. The number of rotatable bonds is 5. The van der Waals surface area contributed by atoms with Gasteiger partial charge in [0.2, 0.25) is 0 Å². The molecule has 1 atom stereocenters. The van der Waals surface area contributed by atoms with E-state index in [0.29, 0.717) is 6.54 Å². The van der Waals surface area contributed by atoms with Crippen LogP contribution >= 0.6 is 11.6 Å². The second kappa shape index (κ2) is 6.69. The molecular weight excluding hydrogens is 270 g/mol. The fourth-order valence-electron chi connectivity index (χ4n) is 1.97. The van der Waals surface area contributed by atoms with Crippen molar-refractivity contribution in [1.82, 2.24) is 5.32 Å². The minimum absolute atomic E-state index is 0.0945. The Kier molecular flexibility index (Phi) is 4.94. The first-order valence-electron chi connectivity index (χ1n) is 6.65. The molecule has 2 nitrogen and oxygen atoms in total. The highest BCUT2D eigenvalue weighted by Gasteiger charge is 2.14. The van der Waals surface area contributed by atoms with Gasteiger partial charge in [0.05, 0.1) is 6.04 Å². The summed E-state index contributed by atoms with van der Waals surface area (Å²) in [6.45, 7) is 4.46. The largest absolute Gasteiger partial charge is 0.303 e. The van der Waals surface area contributed by atoms with E-state index in [-0.39, 0.29) is 11.8 Å². The maximum Gasteiger partial charge on any atom is 0.179 e. The summed E-state index contributed by atoms with van der Waals surface area (Å²) in [5.74, 6) is 0.0945. The molecule has 1 N–H and O–H groups in total. The molecule has 2 rings (SSSR count). The maximum atomic E-state index is 12.3. The Balaban J connectivity index is 1.98. The molecule has 0 fully saturated rings. The summed E-state index contributed by atoms with van der Waals surface area (Å²) in [7, 11) is 0. The summed E-state index contributed by atoms with van der Waals surface area (Å²) in [5, 5.41) is 3.94. The van der Waals surface area contributed by atoms with Crippen molar-refractivity contribution in [1.29, 1.82) is 0 Å². The Morgan fingerprint density at radius 1 is 1.15 bits per heavy atom. The van der Waals surface area contributed by atoms with Crippen LogP contribution in [-0.2, 0) is 6.54 Å². The average Bonchev–Trinajstić information content (AvgIpc) is 2.46. The number of halogens is 1. The van der Waals surface area contributed by atoms with Crippen molar-refractivity contribution in [2.24, 2.45) is 0 Å². The van der Waals surface area contributed by atoms with Crippen LogP contribution in [-0.4, -0.2) is 11.8 Å². The van der Waals surface area contributed by atoms with E-state index in [1.165, 1.54) is 0 Å². The summed E-state index contributed by atoms with van der Waals surface area (Å²) in [5.41, 5.74) is 2.88. The Hall–Kier alpha value is -1.64. The van der Waals surface area contributed by atoms with E-state index >= 15 is 0 Å². The lowest BCUT2D eigenvalue weighted by Crippen LogP contribution is -2.33. The SMILES string of the molecule is Cc1ccc(C(=O)C(C)NCc2ccccc2Cl)cc1. The molecule has 0 spiro atoms. The fourth-order valence-corrected chi connectivity index (χ4v) is 2.17. The van der Waals surface area contributed by atoms with Crippen molar-refractivity contribution >= 4 is 17.4 Å². The third kappa shape index (κ3) is 3.69. The molecule has 0 saturated carbocycles. The number of Topliss-reactive ketones (excluding diaryl/α,β-unsaturated/α-hetero) is 1. The first-order valence-corrected chi connectivity index (χ1v) is 7.03. The molecule has 0 aliphatic rings. The monoisotopic (exact) mass is 287 g/mol. The molecule has 0 aromatic heterocycles. The van der Waals surface area contributed by atoms with Gasteiger partial charge in [0.15, 0.2) is 5.78 Å². The van der Waals surface area contributed by atoms with E-state index in [1.807, 2.05) is 62.4 Å². The summed E-state index contributed by atoms with van der Waals surface area (Å²) in [4.78, 5) is 12.3. The third-order valence-electron chi connectivity index (χ3n) is 3.29. The zero-order valence-corrected chi connectivity index (χ0v) is 12.4. The highest BCUT2D eigenvalue weighted by Crippen LogP contribution is 2.15. The van der Waals surface area contributed by atoms with Crippen molar-refractivity contribution in [2.75, 3.05) is 0 Å². The molecule has 0 bridgehead atoms. The Morgan fingerprint density at radius 3 is 2.45 bits per heavy atom. The van der Waals surface area contributed by atoms with Crippen LogP contribution in [0.15, 0.2) is 48.5 Å². The Bertz CT molecular complexity index is 592. The maximum absolute atomic E-state index is 12.3. The van der Waals surface area contributed by atoms with Gasteiger partial charge >= 0.3 is 0 Å².